The molecule has 114 valence electrons. The largest absolute Gasteiger partial charge is 0.480 e. The Balaban J connectivity index is 2.70. The average Bonchev–Trinajstić information content (AvgIpc) is 2.43. The molecule has 0 aromatic heterocycles. The summed E-state index contributed by atoms with van der Waals surface area (Å²) in [4.78, 5) is 35.0. The highest BCUT2D eigenvalue weighted by molar-refractivity contribution is 5.95. The predicted molar refractivity (Wildman–Crippen MR) is 76.6 cm³/mol. The molecular formula is C14H18N2O5. The number of methoxy groups -OCH3 is 1. The Kier molecular flexibility index (Phi) is 6.35. The molecule has 0 heterocycles. The van der Waals surface area contributed by atoms with Gasteiger partial charge in [-0.2, -0.15) is 0 Å². The number of nitrogens with one attached hydrogen (secondary N) is 1. The third-order valence-corrected chi connectivity index (χ3v) is 2.72. The molecule has 7 heteroatoms. The van der Waals surface area contributed by atoms with Gasteiger partial charge in [0.2, 0.25) is 0 Å². The van der Waals surface area contributed by atoms with Crippen LogP contribution in [0.2, 0.25) is 0 Å². The molecule has 0 aliphatic carbocycles. The average molecular weight is 294 g/mol. The minimum atomic E-state index is -1.10. The summed E-state index contributed by atoms with van der Waals surface area (Å²) in [5, 5.41) is 11.4. The van der Waals surface area contributed by atoms with Crippen molar-refractivity contribution in [2.24, 2.45) is 0 Å². The first-order valence-corrected chi connectivity index (χ1v) is 6.31. The first-order valence-electron chi connectivity index (χ1n) is 6.31. The summed E-state index contributed by atoms with van der Waals surface area (Å²) in [6.45, 7) is 1.44. The number of ether oxygens (including phenoxy) is 1. The topological polar surface area (TPSA) is 95.9 Å². The second-order valence-electron chi connectivity index (χ2n) is 4.37. The van der Waals surface area contributed by atoms with Crippen molar-refractivity contribution in [1.82, 2.24) is 4.90 Å². The zero-order valence-electron chi connectivity index (χ0n) is 12.0. The van der Waals surface area contributed by atoms with Gasteiger partial charge in [0, 0.05) is 24.9 Å². The molecule has 0 saturated carbocycles. The third-order valence-electron chi connectivity index (χ3n) is 2.72. The van der Waals surface area contributed by atoms with Crippen LogP contribution in [-0.2, 0) is 9.53 Å². The quantitative estimate of drug-likeness (QED) is 0.742. The summed E-state index contributed by atoms with van der Waals surface area (Å²) in [5.74, 6) is -1.17. The lowest BCUT2D eigenvalue weighted by Crippen LogP contribution is -2.40. The summed E-state index contributed by atoms with van der Waals surface area (Å²) >= 11 is 0. The van der Waals surface area contributed by atoms with E-state index in [1.54, 1.807) is 24.3 Å². The summed E-state index contributed by atoms with van der Waals surface area (Å²) in [7, 11) is 1.47. The normalized spacial score (nSPS) is 10.0. The van der Waals surface area contributed by atoms with E-state index >= 15 is 0 Å². The van der Waals surface area contributed by atoms with E-state index in [1.165, 1.54) is 14.0 Å². The van der Waals surface area contributed by atoms with Gasteiger partial charge in [-0.3, -0.25) is 9.59 Å². The van der Waals surface area contributed by atoms with Crippen molar-refractivity contribution in [3.63, 3.8) is 0 Å². The summed E-state index contributed by atoms with van der Waals surface area (Å²) in [6, 6.07) is 5.82. The van der Waals surface area contributed by atoms with Crippen LogP contribution in [0.3, 0.4) is 0 Å². The van der Waals surface area contributed by atoms with Crippen LogP contribution >= 0.6 is 0 Å². The maximum atomic E-state index is 12.0. The summed E-state index contributed by atoms with van der Waals surface area (Å²) in [5.41, 5.74) is 1.02. The number of carbonyl (C=O) groups excluding carboxylic acids is 2. The Morgan fingerprint density at radius 3 is 2.33 bits per heavy atom. The fraction of sp³-hybridized carbons (Fsp3) is 0.357. The highest BCUT2D eigenvalue weighted by Crippen LogP contribution is 2.11. The number of rotatable bonds is 7. The smallest absolute Gasteiger partial charge is 0.323 e. The molecule has 2 N–H and O–H groups in total. The fourth-order valence-electron chi connectivity index (χ4n) is 1.61. The second-order valence-corrected chi connectivity index (χ2v) is 4.37. The van der Waals surface area contributed by atoms with Crippen molar-refractivity contribution in [3.05, 3.63) is 29.8 Å². The van der Waals surface area contributed by atoms with Crippen LogP contribution in [0.4, 0.5) is 10.5 Å². The third kappa shape index (κ3) is 5.62. The molecule has 1 aromatic carbocycles. The molecule has 0 aliphatic heterocycles. The molecule has 0 bridgehead atoms. The Hall–Kier alpha value is -2.41. The van der Waals surface area contributed by atoms with E-state index in [0.717, 1.165) is 4.90 Å². The minimum absolute atomic E-state index is 0.0690. The Morgan fingerprint density at radius 1 is 1.24 bits per heavy atom. The van der Waals surface area contributed by atoms with E-state index < -0.39 is 18.5 Å². The van der Waals surface area contributed by atoms with Gasteiger partial charge < -0.3 is 20.1 Å². The van der Waals surface area contributed by atoms with Crippen LogP contribution in [0.15, 0.2) is 24.3 Å². The van der Waals surface area contributed by atoms with Crippen molar-refractivity contribution >= 4 is 23.5 Å². The van der Waals surface area contributed by atoms with E-state index in [9.17, 15) is 14.4 Å². The Morgan fingerprint density at radius 2 is 1.86 bits per heavy atom. The van der Waals surface area contributed by atoms with Gasteiger partial charge in [-0.05, 0) is 31.2 Å². The number of hydrogen-bond acceptors (Lipinski definition) is 4. The lowest BCUT2D eigenvalue weighted by molar-refractivity contribution is -0.137. The number of nitrogens with zero attached hydrogens (tertiary/aromatic N) is 1. The Labute approximate surface area is 122 Å². The number of ketones is 1. The van der Waals surface area contributed by atoms with E-state index in [1.807, 2.05) is 0 Å². The molecule has 1 aromatic rings. The minimum Gasteiger partial charge on any atom is -0.480 e. The fourth-order valence-corrected chi connectivity index (χ4v) is 1.61. The standard InChI is InChI=1S/C14H18N2O5/c1-10(17)11-3-5-12(6-4-11)15-14(20)16(7-8-21-2)9-13(18)19/h3-6H,7-9H2,1-2H3,(H,15,20)(H,18,19). The van der Waals surface area contributed by atoms with Crippen molar-refractivity contribution < 1.29 is 24.2 Å². The Bertz CT molecular complexity index is 513. The van der Waals surface area contributed by atoms with Gasteiger partial charge in [-0.1, -0.05) is 0 Å². The molecule has 2 amide bonds. The summed E-state index contributed by atoms with van der Waals surface area (Å²) < 4.78 is 4.84. The number of carboxylic acids is 1. The van der Waals surface area contributed by atoms with Crippen LogP contribution in [0.25, 0.3) is 0 Å². The number of urea groups is 1. The van der Waals surface area contributed by atoms with E-state index in [0.29, 0.717) is 11.3 Å². The molecule has 21 heavy (non-hydrogen) atoms. The van der Waals surface area contributed by atoms with Gasteiger partial charge in [0.25, 0.3) is 0 Å². The van der Waals surface area contributed by atoms with Crippen LogP contribution in [0, 0.1) is 0 Å². The second kappa shape index (κ2) is 8.01. The van der Waals surface area contributed by atoms with Crippen LogP contribution in [-0.4, -0.2) is 54.6 Å². The predicted octanol–water partition coefficient (Wildman–Crippen LogP) is 1.45. The SMILES string of the molecule is COCCN(CC(=O)O)C(=O)Nc1ccc(C(C)=O)cc1. The van der Waals surface area contributed by atoms with Gasteiger partial charge in [-0.25, -0.2) is 4.79 Å². The zero-order valence-corrected chi connectivity index (χ0v) is 12.0. The maximum absolute atomic E-state index is 12.0. The van der Waals surface area contributed by atoms with Crippen molar-refractivity contribution in [3.8, 4) is 0 Å². The lowest BCUT2D eigenvalue weighted by atomic mass is 10.1. The molecule has 0 unspecified atom stereocenters. The number of carboxylic acid groups (broad SMARTS) is 1. The van der Waals surface area contributed by atoms with Crippen LogP contribution < -0.4 is 5.32 Å². The van der Waals surface area contributed by atoms with Crippen molar-refractivity contribution in [2.45, 2.75) is 6.92 Å². The molecule has 0 radical (unpaired) electrons. The molecule has 0 aliphatic rings. The van der Waals surface area contributed by atoms with Crippen molar-refractivity contribution in [1.29, 1.82) is 0 Å². The van der Waals surface area contributed by atoms with Gasteiger partial charge in [-0.15, -0.1) is 0 Å². The highest BCUT2D eigenvalue weighted by Gasteiger charge is 2.16. The maximum Gasteiger partial charge on any atom is 0.323 e. The van der Waals surface area contributed by atoms with Gasteiger partial charge in [0.05, 0.1) is 6.61 Å². The first-order chi connectivity index (χ1) is 9.93. The number of Topliss-reactive ketones (excluding diaryl/α,β-unsaturated/α-hetero) is 1. The highest BCUT2D eigenvalue weighted by atomic mass is 16.5. The molecule has 1 rings (SSSR count). The van der Waals surface area contributed by atoms with E-state index in [4.69, 9.17) is 9.84 Å². The number of hydrogen-bond donors (Lipinski definition) is 2. The first kappa shape index (κ1) is 16.6. The van der Waals surface area contributed by atoms with Gasteiger partial charge >= 0.3 is 12.0 Å². The molecule has 0 saturated heterocycles. The molecule has 0 fully saturated rings. The van der Waals surface area contributed by atoms with E-state index in [-0.39, 0.29) is 18.9 Å². The van der Waals surface area contributed by atoms with Crippen LogP contribution in [0.1, 0.15) is 17.3 Å². The monoisotopic (exact) mass is 294 g/mol. The number of aliphatic carboxylic acids is 1. The molecule has 0 spiro atoms. The van der Waals surface area contributed by atoms with Crippen LogP contribution in [0.5, 0.6) is 0 Å². The van der Waals surface area contributed by atoms with E-state index in [2.05, 4.69) is 5.32 Å². The number of carbonyl (C=O) groups is 3. The summed E-state index contributed by atoms with van der Waals surface area (Å²) in [6.07, 6.45) is 0. The number of anilines is 1. The lowest BCUT2D eigenvalue weighted by Gasteiger charge is -2.20. The zero-order chi connectivity index (χ0) is 15.8. The molecule has 7 nitrogen and oxygen atoms in total. The van der Waals surface area contributed by atoms with Crippen molar-refractivity contribution in [2.75, 3.05) is 32.1 Å². The molecular weight excluding hydrogens is 276 g/mol. The van der Waals surface area contributed by atoms with Gasteiger partial charge in [0.1, 0.15) is 6.54 Å². The number of amides is 2. The molecule has 0 atom stereocenters. The van der Waals surface area contributed by atoms with Gasteiger partial charge in [0.15, 0.2) is 5.78 Å². The number of benzene rings is 1.